The molecule has 0 amide bonds. The molecule has 0 spiro atoms. The summed E-state index contributed by atoms with van der Waals surface area (Å²) in [6, 6.07) is 1.52. The summed E-state index contributed by atoms with van der Waals surface area (Å²) >= 11 is 1.31. The van der Waals surface area contributed by atoms with Gasteiger partial charge in [0.25, 0.3) is 0 Å². The van der Waals surface area contributed by atoms with E-state index in [2.05, 4.69) is 25.3 Å². The molecule has 2 aromatic heterocycles. The lowest BCUT2D eigenvalue weighted by Gasteiger charge is -2.09. The fourth-order valence-electron chi connectivity index (χ4n) is 1.54. The minimum absolute atomic E-state index is 0.340. The molecule has 0 aromatic carbocycles. The second kappa shape index (κ2) is 5.27. The van der Waals surface area contributed by atoms with Gasteiger partial charge in [-0.1, -0.05) is 0 Å². The van der Waals surface area contributed by atoms with E-state index >= 15 is 0 Å². The maximum absolute atomic E-state index is 5.65. The first-order chi connectivity index (χ1) is 8.99. The summed E-state index contributed by atoms with van der Waals surface area (Å²) < 4.78 is 0. The fraction of sp³-hybridized carbons (Fsp3) is 0.273. The Hall–Kier alpha value is -2.09. The van der Waals surface area contributed by atoms with Gasteiger partial charge in [-0.15, -0.1) is 0 Å². The van der Waals surface area contributed by atoms with E-state index in [0.717, 1.165) is 16.4 Å². The normalized spacial score (nSPS) is 10.5. The molecule has 0 bridgehead atoms. The number of hydrogen-bond donors (Lipinski definition) is 3. The van der Waals surface area contributed by atoms with E-state index in [9.17, 15) is 0 Å². The zero-order chi connectivity index (χ0) is 14.0. The van der Waals surface area contributed by atoms with Crippen molar-refractivity contribution in [3.8, 4) is 0 Å². The van der Waals surface area contributed by atoms with E-state index in [1.807, 2.05) is 20.9 Å². The number of nitrogen functional groups attached to an aromatic ring is 2. The third-order valence-electron chi connectivity index (χ3n) is 2.38. The Bertz CT molecular complexity index is 594. The molecule has 0 fully saturated rings. The van der Waals surface area contributed by atoms with Crippen LogP contribution in [0.3, 0.4) is 0 Å². The minimum atomic E-state index is 0.340. The summed E-state index contributed by atoms with van der Waals surface area (Å²) in [4.78, 5) is 16.9. The first kappa shape index (κ1) is 13.3. The number of anilines is 3. The first-order valence-electron chi connectivity index (χ1n) is 5.60. The van der Waals surface area contributed by atoms with Crippen LogP contribution in [-0.4, -0.2) is 27.0 Å². The Morgan fingerprint density at radius 3 is 2.26 bits per heavy atom. The summed E-state index contributed by atoms with van der Waals surface area (Å²) in [7, 11) is 1.82. The molecule has 5 N–H and O–H groups in total. The summed E-state index contributed by atoms with van der Waals surface area (Å²) in [6.07, 6.45) is 0. The molecule has 19 heavy (non-hydrogen) atoms. The predicted molar refractivity (Wildman–Crippen MR) is 76.0 cm³/mol. The van der Waals surface area contributed by atoms with Gasteiger partial charge in [-0.2, -0.15) is 0 Å². The van der Waals surface area contributed by atoms with Crippen molar-refractivity contribution in [2.75, 3.05) is 23.8 Å². The SMILES string of the molecule is CNc1nc(C)nc(Sc2nc(N)cc(N)n2)c1C. The van der Waals surface area contributed by atoms with E-state index in [4.69, 9.17) is 11.5 Å². The molecular weight excluding hydrogens is 262 g/mol. The lowest BCUT2D eigenvalue weighted by molar-refractivity contribution is 0.925. The van der Waals surface area contributed by atoms with Crippen LogP contribution in [0.5, 0.6) is 0 Å². The Morgan fingerprint density at radius 1 is 1.05 bits per heavy atom. The average Bonchev–Trinajstić information content (AvgIpc) is 2.32. The Morgan fingerprint density at radius 2 is 1.68 bits per heavy atom. The fourth-order valence-corrected chi connectivity index (χ4v) is 2.44. The van der Waals surface area contributed by atoms with Crippen LogP contribution < -0.4 is 16.8 Å². The van der Waals surface area contributed by atoms with Crippen LogP contribution in [0.4, 0.5) is 17.5 Å². The van der Waals surface area contributed by atoms with Crippen LogP contribution in [0, 0.1) is 13.8 Å². The zero-order valence-electron chi connectivity index (χ0n) is 10.9. The van der Waals surface area contributed by atoms with Crippen LogP contribution in [-0.2, 0) is 0 Å². The number of hydrogen-bond acceptors (Lipinski definition) is 8. The maximum atomic E-state index is 5.65. The number of rotatable bonds is 3. The van der Waals surface area contributed by atoms with Gasteiger partial charge in [0, 0.05) is 18.7 Å². The molecule has 2 rings (SSSR count). The molecule has 2 heterocycles. The average molecular weight is 277 g/mol. The van der Waals surface area contributed by atoms with Crippen molar-refractivity contribution < 1.29 is 0 Å². The van der Waals surface area contributed by atoms with Crippen LogP contribution in [0.2, 0.25) is 0 Å². The van der Waals surface area contributed by atoms with Crippen molar-refractivity contribution in [3.05, 3.63) is 17.5 Å². The smallest absolute Gasteiger partial charge is 0.197 e. The maximum Gasteiger partial charge on any atom is 0.197 e. The number of aromatic nitrogens is 4. The molecule has 8 heteroatoms. The molecule has 0 aliphatic carbocycles. The van der Waals surface area contributed by atoms with Crippen LogP contribution >= 0.6 is 11.8 Å². The molecule has 0 aliphatic rings. The van der Waals surface area contributed by atoms with E-state index in [1.54, 1.807) is 0 Å². The molecule has 0 atom stereocenters. The van der Waals surface area contributed by atoms with Gasteiger partial charge in [0.1, 0.15) is 28.3 Å². The summed E-state index contributed by atoms with van der Waals surface area (Å²) in [5.41, 5.74) is 12.2. The topological polar surface area (TPSA) is 116 Å². The largest absolute Gasteiger partial charge is 0.383 e. The molecule has 0 radical (unpaired) electrons. The molecule has 0 aliphatic heterocycles. The van der Waals surface area contributed by atoms with Crippen LogP contribution in [0.1, 0.15) is 11.4 Å². The van der Waals surface area contributed by atoms with Gasteiger partial charge in [-0.05, 0) is 25.6 Å². The molecular formula is C11H15N7S. The Labute approximate surface area is 115 Å². The van der Waals surface area contributed by atoms with E-state index in [-0.39, 0.29) is 0 Å². The monoisotopic (exact) mass is 277 g/mol. The summed E-state index contributed by atoms with van der Waals surface area (Å²) in [6.45, 7) is 3.77. The van der Waals surface area contributed by atoms with Crippen molar-refractivity contribution in [1.29, 1.82) is 0 Å². The van der Waals surface area contributed by atoms with Crippen molar-refractivity contribution in [2.24, 2.45) is 0 Å². The minimum Gasteiger partial charge on any atom is -0.383 e. The summed E-state index contributed by atoms with van der Waals surface area (Å²) in [5, 5.41) is 4.28. The predicted octanol–water partition coefficient (Wildman–Crippen LogP) is 1.24. The van der Waals surface area contributed by atoms with Gasteiger partial charge in [0.05, 0.1) is 0 Å². The highest BCUT2D eigenvalue weighted by atomic mass is 32.2. The van der Waals surface area contributed by atoms with Crippen LogP contribution in [0.15, 0.2) is 16.2 Å². The van der Waals surface area contributed by atoms with Crippen molar-refractivity contribution in [2.45, 2.75) is 24.0 Å². The standard InChI is InChI=1S/C11H15N7S/c1-5-9(14-3)15-6(2)16-10(5)19-11-17-7(12)4-8(13)18-11/h4H,1-3H3,(H,14,15,16)(H4,12,13,17,18). The second-order valence-corrected chi connectivity index (χ2v) is 4.86. The molecule has 2 aromatic rings. The van der Waals surface area contributed by atoms with Gasteiger partial charge in [-0.25, -0.2) is 19.9 Å². The van der Waals surface area contributed by atoms with Gasteiger partial charge < -0.3 is 16.8 Å². The highest BCUT2D eigenvalue weighted by Gasteiger charge is 2.12. The molecule has 0 saturated heterocycles. The lowest BCUT2D eigenvalue weighted by atomic mass is 10.3. The number of nitrogens with one attached hydrogen (secondary N) is 1. The quantitative estimate of drug-likeness (QED) is 0.567. The van der Waals surface area contributed by atoms with E-state index in [1.165, 1.54) is 17.8 Å². The van der Waals surface area contributed by atoms with Crippen molar-refractivity contribution in [3.63, 3.8) is 0 Å². The molecule has 0 unspecified atom stereocenters. The van der Waals surface area contributed by atoms with Crippen molar-refractivity contribution in [1.82, 2.24) is 19.9 Å². The van der Waals surface area contributed by atoms with E-state index in [0.29, 0.717) is 22.6 Å². The molecule has 100 valence electrons. The number of nitrogens with two attached hydrogens (primary N) is 2. The number of nitrogens with zero attached hydrogens (tertiary/aromatic N) is 4. The second-order valence-electron chi connectivity index (χ2n) is 3.90. The lowest BCUT2D eigenvalue weighted by Crippen LogP contribution is -2.03. The third kappa shape index (κ3) is 3.02. The highest BCUT2D eigenvalue weighted by molar-refractivity contribution is 7.99. The molecule has 7 nitrogen and oxygen atoms in total. The van der Waals surface area contributed by atoms with Gasteiger partial charge in [0.15, 0.2) is 5.16 Å². The Balaban J connectivity index is 2.40. The van der Waals surface area contributed by atoms with Crippen molar-refractivity contribution >= 4 is 29.2 Å². The first-order valence-corrected chi connectivity index (χ1v) is 6.42. The molecule has 0 saturated carbocycles. The summed E-state index contributed by atoms with van der Waals surface area (Å²) in [5.74, 6) is 2.14. The number of aryl methyl sites for hydroxylation is 1. The van der Waals surface area contributed by atoms with Crippen LogP contribution in [0.25, 0.3) is 0 Å². The third-order valence-corrected chi connectivity index (χ3v) is 3.34. The highest BCUT2D eigenvalue weighted by Crippen LogP contribution is 2.29. The van der Waals surface area contributed by atoms with E-state index < -0.39 is 0 Å². The Kier molecular flexibility index (Phi) is 3.70. The zero-order valence-corrected chi connectivity index (χ0v) is 11.7. The van der Waals surface area contributed by atoms with Gasteiger partial charge in [-0.3, -0.25) is 0 Å². The van der Waals surface area contributed by atoms with Gasteiger partial charge >= 0.3 is 0 Å². The van der Waals surface area contributed by atoms with Gasteiger partial charge in [0.2, 0.25) is 0 Å².